The lowest BCUT2D eigenvalue weighted by atomic mass is 10.1. The minimum absolute atomic E-state index is 0.0935. The molecule has 0 aliphatic heterocycles. The van der Waals surface area contributed by atoms with E-state index in [0.29, 0.717) is 11.3 Å². The molecule has 0 spiro atoms. The third-order valence-electron chi connectivity index (χ3n) is 2.36. The fourth-order valence-corrected chi connectivity index (χ4v) is 2.52. The van der Waals surface area contributed by atoms with Crippen LogP contribution in [0.1, 0.15) is 25.6 Å². The van der Waals surface area contributed by atoms with Crippen LogP contribution in [0.15, 0.2) is 12.7 Å². The Morgan fingerprint density at radius 3 is 2.45 bits per heavy atom. The van der Waals surface area contributed by atoms with Crippen molar-refractivity contribution in [3.63, 3.8) is 0 Å². The lowest BCUT2D eigenvalue weighted by Crippen LogP contribution is -2.30. The van der Waals surface area contributed by atoms with Crippen LogP contribution in [0.5, 0.6) is 0 Å². The van der Waals surface area contributed by atoms with Gasteiger partial charge in [-0.3, -0.25) is 4.79 Å². The molecule has 0 aliphatic rings. The zero-order valence-corrected chi connectivity index (χ0v) is 11.9. The number of nitrogens with one attached hydrogen (secondary N) is 1. The molecule has 0 radical (unpaired) electrons. The largest absolute Gasteiger partial charge is 0.478 e. The summed E-state index contributed by atoms with van der Waals surface area (Å²) in [4.78, 5) is 33.5. The quantitative estimate of drug-likeness (QED) is 0.636. The molecule has 0 aromatic carbocycles. The zero-order valence-electron chi connectivity index (χ0n) is 11.1. The average Bonchev–Trinajstić information content (AvgIpc) is 2.71. The van der Waals surface area contributed by atoms with Gasteiger partial charge in [0.15, 0.2) is 0 Å². The number of carbonyl (C=O) groups is 3. The number of rotatable bonds is 5. The number of ether oxygens (including phenoxy) is 1. The van der Waals surface area contributed by atoms with Crippen LogP contribution in [-0.4, -0.2) is 35.7 Å². The maximum atomic E-state index is 12.2. The Morgan fingerprint density at radius 1 is 1.41 bits per heavy atom. The van der Waals surface area contributed by atoms with Gasteiger partial charge in [-0.05, 0) is 12.5 Å². The second-order valence-electron chi connectivity index (χ2n) is 3.90. The van der Waals surface area contributed by atoms with Gasteiger partial charge in [-0.1, -0.05) is 12.7 Å². The Balaban J connectivity index is 3.22. The predicted molar refractivity (Wildman–Crippen MR) is 71.2 cm³/mol. The SMILES string of the molecule is C=CCOC(=O)c1sc(NC(=O)C(F)(F)F)c(C(=O)O)c1C. The fourth-order valence-electron chi connectivity index (χ4n) is 1.43. The Hall–Kier alpha value is -2.36. The summed E-state index contributed by atoms with van der Waals surface area (Å²) < 4.78 is 41.4. The van der Waals surface area contributed by atoms with Crippen LogP contribution in [0.4, 0.5) is 18.2 Å². The van der Waals surface area contributed by atoms with Gasteiger partial charge in [0.05, 0.1) is 5.56 Å². The van der Waals surface area contributed by atoms with Gasteiger partial charge in [0, 0.05) is 0 Å². The van der Waals surface area contributed by atoms with E-state index in [1.807, 2.05) is 0 Å². The van der Waals surface area contributed by atoms with Gasteiger partial charge >= 0.3 is 24.0 Å². The summed E-state index contributed by atoms with van der Waals surface area (Å²) in [7, 11) is 0. The summed E-state index contributed by atoms with van der Waals surface area (Å²) in [6.07, 6.45) is -3.91. The molecular formula is C12H10F3NO5S. The molecule has 1 amide bonds. The lowest BCUT2D eigenvalue weighted by molar-refractivity contribution is -0.167. The summed E-state index contributed by atoms with van der Waals surface area (Å²) in [5.41, 5.74) is -0.683. The Morgan fingerprint density at radius 2 is 2.00 bits per heavy atom. The summed E-state index contributed by atoms with van der Waals surface area (Å²) in [6.45, 7) is 4.40. The number of carbonyl (C=O) groups excluding carboxylic acids is 2. The average molecular weight is 337 g/mol. The van der Waals surface area contributed by atoms with E-state index in [4.69, 9.17) is 9.84 Å². The molecule has 1 heterocycles. The third-order valence-corrected chi connectivity index (χ3v) is 3.55. The molecule has 0 unspecified atom stereocenters. The van der Waals surface area contributed by atoms with E-state index in [1.165, 1.54) is 18.3 Å². The van der Waals surface area contributed by atoms with Crippen molar-refractivity contribution in [2.45, 2.75) is 13.1 Å². The highest BCUT2D eigenvalue weighted by molar-refractivity contribution is 7.18. The molecule has 1 aromatic rings. The third kappa shape index (κ3) is 3.85. The van der Waals surface area contributed by atoms with Gasteiger partial charge in [0.25, 0.3) is 0 Å². The Kier molecular flexibility index (Phi) is 5.31. The smallest absolute Gasteiger partial charge is 0.471 e. The molecule has 10 heteroatoms. The molecule has 1 rings (SSSR count). The van der Waals surface area contributed by atoms with Gasteiger partial charge in [-0.2, -0.15) is 13.2 Å². The van der Waals surface area contributed by atoms with Crippen LogP contribution in [0.25, 0.3) is 0 Å². The normalized spacial score (nSPS) is 10.9. The van der Waals surface area contributed by atoms with Crippen molar-refractivity contribution in [3.05, 3.63) is 28.7 Å². The second-order valence-corrected chi connectivity index (χ2v) is 4.93. The standard InChI is InChI=1S/C12H10F3NO5S/c1-3-4-21-10(19)7-5(2)6(9(17)18)8(22-7)16-11(20)12(13,14)15/h3H,1,4H2,2H3,(H,16,20)(H,17,18). The molecule has 0 aliphatic carbocycles. The number of hydrogen-bond donors (Lipinski definition) is 2. The fraction of sp³-hybridized carbons (Fsp3) is 0.250. The maximum absolute atomic E-state index is 12.2. The number of esters is 1. The number of thiophene rings is 1. The number of anilines is 1. The number of halogens is 3. The topological polar surface area (TPSA) is 92.7 Å². The summed E-state index contributed by atoms with van der Waals surface area (Å²) in [5.74, 6) is -4.83. The molecule has 0 atom stereocenters. The van der Waals surface area contributed by atoms with Crippen molar-refractivity contribution in [2.24, 2.45) is 0 Å². The van der Waals surface area contributed by atoms with Gasteiger partial charge in [0.2, 0.25) is 0 Å². The Bertz CT molecular complexity index is 635. The minimum Gasteiger partial charge on any atom is -0.478 e. The zero-order chi connectivity index (χ0) is 17.1. The summed E-state index contributed by atoms with van der Waals surface area (Å²) >= 11 is 0.396. The molecule has 0 saturated heterocycles. The van der Waals surface area contributed by atoms with Crippen molar-refractivity contribution in [1.82, 2.24) is 0 Å². The minimum atomic E-state index is -5.18. The lowest BCUT2D eigenvalue weighted by Gasteiger charge is -2.06. The Labute approximate surface area is 126 Å². The summed E-state index contributed by atoms with van der Waals surface area (Å²) in [6, 6.07) is 0. The molecule has 1 aromatic heterocycles. The van der Waals surface area contributed by atoms with Crippen LogP contribution in [0, 0.1) is 6.92 Å². The number of hydrogen-bond acceptors (Lipinski definition) is 5. The molecular weight excluding hydrogens is 327 g/mol. The predicted octanol–water partition coefficient (Wildman–Crippen LogP) is 2.60. The second kappa shape index (κ2) is 6.60. The first kappa shape index (κ1) is 17.7. The van der Waals surface area contributed by atoms with E-state index in [1.54, 1.807) is 0 Å². The van der Waals surface area contributed by atoms with E-state index in [-0.39, 0.29) is 17.0 Å². The number of alkyl halides is 3. The molecule has 6 nitrogen and oxygen atoms in total. The molecule has 2 N–H and O–H groups in total. The van der Waals surface area contributed by atoms with Gasteiger partial charge in [-0.15, -0.1) is 11.3 Å². The van der Waals surface area contributed by atoms with E-state index < -0.39 is 34.6 Å². The van der Waals surface area contributed by atoms with E-state index in [0.717, 1.165) is 0 Å². The monoisotopic (exact) mass is 337 g/mol. The highest BCUT2D eigenvalue weighted by Gasteiger charge is 2.40. The first-order chi connectivity index (χ1) is 10.1. The number of carboxylic acids is 1. The van der Waals surface area contributed by atoms with E-state index >= 15 is 0 Å². The molecule has 0 fully saturated rings. The molecule has 22 heavy (non-hydrogen) atoms. The molecule has 0 saturated carbocycles. The molecule has 0 bridgehead atoms. The van der Waals surface area contributed by atoms with Crippen LogP contribution < -0.4 is 5.32 Å². The number of amides is 1. The number of aromatic carboxylic acids is 1. The van der Waals surface area contributed by atoms with Crippen LogP contribution in [0.3, 0.4) is 0 Å². The van der Waals surface area contributed by atoms with E-state index in [9.17, 15) is 27.6 Å². The highest BCUT2D eigenvalue weighted by atomic mass is 32.1. The van der Waals surface area contributed by atoms with Gasteiger partial charge < -0.3 is 15.2 Å². The maximum Gasteiger partial charge on any atom is 0.471 e. The van der Waals surface area contributed by atoms with Crippen LogP contribution in [-0.2, 0) is 9.53 Å². The van der Waals surface area contributed by atoms with Crippen LogP contribution in [0.2, 0.25) is 0 Å². The first-order valence-corrected chi connectivity index (χ1v) is 6.44. The van der Waals surface area contributed by atoms with Crippen molar-refractivity contribution in [1.29, 1.82) is 0 Å². The van der Waals surface area contributed by atoms with Crippen molar-refractivity contribution < 1.29 is 37.4 Å². The van der Waals surface area contributed by atoms with Crippen molar-refractivity contribution in [2.75, 3.05) is 11.9 Å². The van der Waals surface area contributed by atoms with Crippen LogP contribution >= 0.6 is 11.3 Å². The highest BCUT2D eigenvalue weighted by Crippen LogP contribution is 2.34. The van der Waals surface area contributed by atoms with Crippen molar-refractivity contribution in [3.8, 4) is 0 Å². The molecule has 120 valence electrons. The van der Waals surface area contributed by atoms with Gasteiger partial charge in [-0.25, -0.2) is 9.59 Å². The van der Waals surface area contributed by atoms with Gasteiger partial charge in [0.1, 0.15) is 16.5 Å². The first-order valence-electron chi connectivity index (χ1n) is 5.62. The summed E-state index contributed by atoms with van der Waals surface area (Å²) in [5, 5.41) is 9.90. The van der Waals surface area contributed by atoms with E-state index in [2.05, 4.69) is 6.58 Å². The van der Waals surface area contributed by atoms with Crippen molar-refractivity contribution >= 4 is 34.2 Å². The number of carboxylic acid groups (broad SMARTS) is 1.